The zero-order valence-corrected chi connectivity index (χ0v) is 9.41. The molecule has 0 aromatic rings. The van der Waals surface area contributed by atoms with Crippen molar-refractivity contribution in [2.24, 2.45) is 0 Å². The van der Waals surface area contributed by atoms with Crippen LogP contribution >= 0.6 is 0 Å². The highest BCUT2D eigenvalue weighted by Gasteiger charge is 2.13. The Balaban J connectivity index is 0.000000344. The molecule has 14 heavy (non-hydrogen) atoms. The predicted octanol–water partition coefficient (Wildman–Crippen LogP) is 2.06. The molecule has 3 nitrogen and oxygen atoms in total. The molecule has 0 bridgehead atoms. The highest BCUT2D eigenvalue weighted by Crippen LogP contribution is 2.05. The lowest BCUT2D eigenvalue weighted by Crippen LogP contribution is -2.02. The first-order chi connectivity index (χ1) is 6.66. The summed E-state index contributed by atoms with van der Waals surface area (Å²) in [7, 11) is 0. The molecule has 0 radical (unpaired) electrons. The topological polar surface area (TPSA) is 53.0 Å². The third-order valence-electron chi connectivity index (χ3n) is 2.07. The van der Waals surface area contributed by atoms with Gasteiger partial charge in [-0.05, 0) is 19.8 Å². The molecule has 0 spiro atoms. The third-order valence-corrected chi connectivity index (χ3v) is 2.07. The highest BCUT2D eigenvalue weighted by molar-refractivity contribution is 4.58. The molecule has 0 amide bonds. The van der Waals surface area contributed by atoms with Crippen LogP contribution in [-0.4, -0.2) is 29.2 Å². The Labute approximate surface area is 87.1 Å². The standard InChI is InChI=1S/C8H18O2.C3H6O/c1-2-3-4-5-6-7-8(9)10;1-3-2-4-3/h8-10H,2-7H2,1H3;3H,2H2,1H3. The van der Waals surface area contributed by atoms with Crippen molar-refractivity contribution in [3.63, 3.8) is 0 Å². The van der Waals surface area contributed by atoms with Crippen molar-refractivity contribution in [3.8, 4) is 0 Å². The van der Waals surface area contributed by atoms with Crippen molar-refractivity contribution in [1.82, 2.24) is 0 Å². The second-order valence-corrected chi connectivity index (χ2v) is 3.83. The van der Waals surface area contributed by atoms with Gasteiger partial charge < -0.3 is 14.9 Å². The van der Waals surface area contributed by atoms with E-state index in [1.807, 2.05) is 0 Å². The fourth-order valence-electron chi connectivity index (χ4n) is 1.03. The molecule has 0 saturated carbocycles. The summed E-state index contributed by atoms with van der Waals surface area (Å²) < 4.78 is 4.71. The summed E-state index contributed by atoms with van der Waals surface area (Å²) >= 11 is 0. The fraction of sp³-hybridized carbons (Fsp3) is 1.00. The van der Waals surface area contributed by atoms with E-state index in [1.54, 1.807) is 0 Å². The van der Waals surface area contributed by atoms with Crippen molar-refractivity contribution >= 4 is 0 Å². The van der Waals surface area contributed by atoms with E-state index in [0.717, 1.165) is 19.4 Å². The monoisotopic (exact) mass is 204 g/mol. The Morgan fingerprint density at radius 2 is 1.71 bits per heavy atom. The summed E-state index contributed by atoms with van der Waals surface area (Å²) in [5.74, 6) is 0. The van der Waals surface area contributed by atoms with Crippen LogP contribution in [0.15, 0.2) is 0 Å². The minimum absolute atomic E-state index is 0.531. The van der Waals surface area contributed by atoms with Gasteiger partial charge in [0.25, 0.3) is 0 Å². The molecule has 1 unspecified atom stereocenters. The number of hydrogen-bond acceptors (Lipinski definition) is 3. The molecule has 3 heteroatoms. The molecular weight excluding hydrogens is 180 g/mol. The van der Waals surface area contributed by atoms with Gasteiger partial charge in [0.1, 0.15) is 0 Å². The SMILES string of the molecule is CC1CO1.CCCCCCCC(O)O. The van der Waals surface area contributed by atoms with Crippen LogP contribution in [0.2, 0.25) is 0 Å². The second kappa shape index (κ2) is 9.44. The van der Waals surface area contributed by atoms with E-state index in [0.29, 0.717) is 12.5 Å². The first-order valence-electron chi connectivity index (χ1n) is 5.64. The molecule has 2 N–H and O–H groups in total. The zero-order chi connectivity index (χ0) is 10.8. The largest absolute Gasteiger partial charge is 0.373 e. The zero-order valence-electron chi connectivity index (χ0n) is 9.41. The van der Waals surface area contributed by atoms with Gasteiger partial charge in [-0.25, -0.2) is 0 Å². The van der Waals surface area contributed by atoms with Gasteiger partial charge in [0.2, 0.25) is 0 Å². The molecular formula is C11H24O3. The summed E-state index contributed by atoms with van der Waals surface area (Å²) in [5.41, 5.74) is 0. The lowest BCUT2D eigenvalue weighted by molar-refractivity contribution is -0.0465. The van der Waals surface area contributed by atoms with E-state index in [1.165, 1.54) is 19.3 Å². The molecule has 0 aromatic carbocycles. The molecule has 0 aliphatic carbocycles. The maximum atomic E-state index is 8.46. The van der Waals surface area contributed by atoms with E-state index < -0.39 is 6.29 Å². The molecule has 86 valence electrons. The highest BCUT2D eigenvalue weighted by atomic mass is 16.6. The first kappa shape index (κ1) is 13.9. The Kier molecular flexibility index (Phi) is 9.35. The van der Waals surface area contributed by atoms with Gasteiger partial charge in [-0.2, -0.15) is 0 Å². The number of hydrogen-bond donors (Lipinski definition) is 2. The Hall–Kier alpha value is -0.120. The van der Waals surface area contributed by atoms with Crippen LogP contribution in [0.4, 0.5) is 0 Å². The summed E-state index contributed by atoms with van der Waals surface area (Å²) in [6, 6.07) is 0. The summed E-state index contributed by atoms with van der Waals surface area (Å²) in [6.45, 7) is 5.21. The maximum absolute atomic E-state index is 8.46. The maximum Gasteiger partial charge on any atom is 0.151 e. The molecule has 1 rings (SSSR count). The van der Waals surface area contributed by atoms with Crippen LogP contribution in [0.3, 0.4) is 0 Å². The van der Waals surface area contributed by atoms with Crippen molar-refractivity contribution in [2.45, 2.75) is 64.8 Å². The molecule has 1 aliphatic rings. The minimum Gasteiger partial charge on any atom is -0.373 e. The molecule has 1 atom stereocenters. The summed E-state index contributed by atoms with van der Waals surface area (Å²) in [6.07, 6.45) is 5.82. The van der Waals surface area contributed by atoms with Crippen LogP contribution in [0.1, 0.15) is 52.4 Å². The van der Waals surface area contributed by atoms with Crippen LogP contribution in [-0.2, 0) is 4.74 Å². The quantitative estimate of drug-likeness (QED) is 0.395. The van der Waals surface area contributed by atoms with E-state index >= 15 is 0 Å². The number of aliphatic hydroxyl groups is 2. The molecule has 0 aromatic heterocycles. The van der Waals surface area contributed by atoms with Crippen molar-refractivity contribution < 1.29 is 14.9 Å². The van der Waals surface area contributed by atoms with Gasteiger partial charge in [-0.1, -0.05) is 32.6 Å². The van der Waals surface area contributed by atoms with Crippen molar-refractivity contribution in [3.05, 3.63) is 0 Å². The Bertz CT molecular complexity index is 111. The Morgan fingerprint density at radius 1 is 1.21 bits per heavy atom. The molecule has 1 fully saturated rings. The predicted molar refractivity (Wildman–Crippen MR) is 57.0 cm³/mol. The number of unbranched alkanes of at least 4 members (excludes halogenated alkanes) is 4. The average Bonchev–Trinajstić information content (AvgIpc) is 2.88. The van der Waals surface area contributed by atoms with E-state index in [2.05, 4.69) is 13.8 Å². The summed E-state index contributed by atoms with van der Waals surface area (Å²) in [5, 5.41) is 16.9. The van der Waals surface area contributed by atoms with Crippen LogP contribution in [0, 0.1) is 0 Å². The van der Waals surface area contributed by atoms with Gasteiger partial charge in [0.15, 0.2) is 6.29 Å². The lowest BCUT2D eigenvalue weighted by Gasteiger charge is -2.01. The number of epoxide rings is 1. The fourth-order valence-corrected chi connectivity index (χ4v) is 1.03. The van der Waals surface area contributed by atoms with Gasteiger partial charge in [0, 0.05) is 0 Å². The normalized spacial score (nSPS) is 19.1. The van der Waals surface area contributed by atoms with E-state index in [9.17, 15) is 0 Å². The number of ether oxygens (including phenoxy) is 1. The first-order valence-corrected chi connectivity index (χ1v) is 5.64. The van der Waals surface area contributed by atoms with E-state index in [4.69, 9.17) is 14.9 Å². The molecule has 1 heterocycles. The second-order valence-electron chi connectivity index (χ2n) is 3.83. The molecule has 1 aliphatic heterocycles. The van der Waals surface area contributed by atoms with Crippen molar-refractivity contribution in [1.29, 1.82) is 0 Å². The van der Waals surface area contributed by atoms with E-state index in [-0.39, 0.29) is 0 Å². The minimum atomic E-state index is -1.10. The van der Waals surface area contributed by atoms with Gasteiger partial charge in [-0.15, -0.1) is 0 Å². The van der Waals surface area contributed by atoms with Crippen LogP contribution < -0.4 is 0 Å². The van der Waals surface area contributed by atoms with Crippen LogP contribution in [0.25, 0.3) is 0 Å². The van der Waals surface area contributed by atoms with Crippen molar-refractivity contribution in [2.75, 3.05) is 6.61 Å². The third kappa shape index (κ3) is 14.4. The molecule has 1 saturated heterocycles. The van der Waals surface area contributed by atoms with Gasteiger partial charge in [0.05, 0.1) is 12.7 Å². The van der Waals surface area contributed by atoms with Gasteiger partial charge >= 0.3 is 0 Å². The van der Waals surface area contributed by atoms with Crippen LogP contribution in [0.5, 0.6) is 0 Å². The number of rotatable bonds is 6. The average molecular weight is 204 g/mol. The smallest absolute Gasteiger partial charge is 0.151 e. The van der Waals surface area contributed by atoms with Gasteiger partial charge in [-0.3, -0.25) is 0 Å². The lowest BCUT2D eigenvalue weighted by atomic mass is 10.1. The summed E-state index contributed by atoms with van der Waals surface area (Å²) in [4.78, 5) is 0. The Morgan fingerprint density at radius 3 is 2.07 bits per heavy atom. The number of aliphatic hydroxyl groups excluding tert-OH is 1.